The van der Waals surface area contributed by atoms with Gasteiger partial charge >= 0.3 is 6.03 Å². The van der Waals surface area contributed by atoms with Crippen molar-refractivity contribution in [3.63, 3.8) is 0 Å². The summed E-state index contributed by atoms with van der Waals surface area (Å²) in [7, 11) is 2.05. The molecule has 4 rings (SSSR count). The van der Waals surface area contributed by atoms with Crippen molar-refractivity contribution in [1.29, 1.82) is 0 Å². The predicted octanol–water partition coefficient (Wildman–Crippen LogP) is 3.78. The van der Waals surface area contributed by atoms with Crippen molar-refractivity contribution in [2.24, 2.45) is 0 Å². The third kappa shape index (κ3) is 8.56. The van der Waals surface area contributed by atoms with Crippen LogP contribution in [0.1, 0.15) is 23.2 Å². The number of carbonyl (C=O) groups excluding carboxylic acids is 2. The molecule has 2 atom stereocenters. The van der Waals surface area contributed by atoms with Gasteiger partial charge in [0.15, 0.2) is 0 Å². The van der Waals surface area contributed by atoms with Crippen LogP contribution in [0, 0.1) is 0 Å². The Balaban J connectivity index is 1.48. The van der Waals surface area contributed by atoms with E-state index in [2.05, 4.69) is 39.7 Å². The molecule has 0 spiro atoms. The van der Waals surface area contributed by atoms with Crippen LogP contribution in [-0.4, -0.2) is 72.0 Å². The SMILES string of the molecule is CN1CCN(C(=O)NC(Cc2ccccc2)C(=O)NC(/C=C/c2ccccn2)CCc2ccccc2)CC1. The van der Waals surface area contributed by atoms with E-state index >= 15 is 0 Å². The van der Waals surface area contributed by atoms with Crippen molar-refractivity contribution < 1.29 is 9.59 Å². The van der Waals surface area contributed by atoms with Gasteiger partial charge in [0, 0.05) is 44.8 Å². The molecule has 3 aromatic rings. The summed E-state index contributed by atoms with van der Waals surface area (Å²) in [5.41, 5.74) is 3.04. The number of pyridine rings is 1. The number of nitrogens with zero attached hydrogens (tertiary/aromatic N) is 3. The largest absolute Gasteiger partial charge is 0.348 e. The fourth-order valence-electron chi connectivity index (χ4n) is 4.46. The van der Waals surface area contributed by atoms with Gasteiger partial charge in [0.1, 0.15) is 6.04 Å². The van der Waals surface area contributed by atoms with E-state index in [1.165, 1.54) is 5.56 Å². The highest BCUT2D eigenvalue weighted by molar-refractivity contribution is 5.87. The van der Waals surface area contributed by atoms with Crippen LogP contribution < -0.4 is 10.6 Å². The number of nitrogens with one attached hydrogen (secondary N) is 2. The lowest BCUT2D eigenvalue weighted by Crippen LogP contribution is -2.56. The number of hydrogen-bond acceptors (Lipinski definition) is 4. The van der Waals surface area contributed by atoms with E-state index < -0.39 is 6.04 Å². The van der Waals surface area contributed by atoms with Crippen molar-refractivity contribution in [2.45, 2.75) is 31.3 Å². The standard InChI is InChI=1S/C31H37N5O2/c1-35-20-22-36(23-21-35)31(38)34-29(24-26-12-6-3-7-13-26)30(37)33-28(16-15-25-10-4-2-5-11-25)18-17-27-14-8-9-19-32-27/h2-14,17-19,28-29H,15-16,20-24H2,1H3,(H,33,37)(H,34,38)/b18-17+. The molecule has 7 heteroatoms. The molecule has 1 aromatic heterocycles. The summed E-state index contributed by atoms with van der Waals surface area (Å²) in [4.78, 5) is 35.1. The van der Waals surface area contributed by atoms with E-state index in [-0.39, 0.29) is 18.0 Å². The summed E-state index contributed by atoms with van der Waals surface area (Å²) in [5.74, 6) is -0.194. The molecule has 1 fully saturated rings. The van der Waals surface area contributed by atoms with Gasteiger partial charge in [0.2, 0.25) is 5.91 Å². The molecule has 1 aliphatic heterocycles. The molecule has 2 N–H and O–H groups in total. The quantitative estimate of drug-likeness (QED) is 0.434. The Morgan fingerprint density at radius 3 is 2.18 bits per heavy atom. The van der Waals surface area contributed by atoms with Crippen LogP contribution in [-0.2, 0) is 17.6 Å². The number of rotatable bonds is 10. The van der Waals surface area contributed by atoms with E-state index in [4.69, 9.17) is 0 Å². The van der Waals surface area contributed by atoms with Crippen LogP contribution >= 0.6 is 0 Å². The highest BCUT2D eigenvalue weighted by Crippen LogP contribution is 2.10. The maximum Gasteiger partial charge on any atom is 0.318 e. The third-order valence-corrected chi connectivity index (χ3v) is 6.79. The first kappa shape index (κ1) is 27.1. The number of likely N-dealkylation sites (N-methyl/N-ethyl adjacent to an activating group) is 1. The van der Waals surface area contributed by atoms with E-state index in [0.29, 0.717) is 19.5 Å². The number of aryl methyl sites for hydroxylation is 1. The van der Waals surface area contributed by atoms with Gasteiger partial charge < -0.3 is 20.4 Å². The van der Waals surface area contributed by atoms with Gasteiger partial charge in [-0.2, -0.15) is 0 Å². The molecule has 2 unspecified atom stereocenters. The highest BCUT2D eigenvalue weighted by Gasteiger charge is 2.27. The second kappa shape index (κ2) is 14.1. The van der Waals surface area contributed by atoms with Crippen LogP contribution in [0.3, 0.4) is 0 Å². The van der Waals surface area contributed by atoms with Crippen LogP contribution in [0.5, 0.6) is 0 Å². The molecule has 1 saturated heterocycles. The summed E-state index contributed by atoms with van der Waals surface area (Å²) >= 11 is 0. The molecule has 0 aliphatic carbocycles. The lowest BCUT2D eigenvalue weighted by atomic mass is 10.0. The summed E-state index contributed by atoms with van der Waals surface area (Å²) in [5, 5.41) is 6.22. The van der Waals surface area contributed by atoms with E-state index in [1.807, 2.05) is 78.9 Å². The number of piperazine rings is 1. The molecule has 0 radical (unpaired) electrons. The van der Waals surface area contributed by atoms with Crippen molar-refractivity contribution >= 4 is 18.0 Å². The second-order valence-electron chi connectivity index (χ2n) is 9.74. The number of urea groups is 1. The zero-order chi connectivity index (χ0) is 26.6. The lowest BCUT2D eigenvalue weighted by molar-refractivity contribution is -0.123. The maximum absolute atomic E-state index is 13.6. The van der Waals surface area contributed by atoms with E-state index in [1.54, 1.807) is 11.1 Å². The minimum absolute atomic E-state index is 0.194. The average molecular weight is 512 g/mol. The van der Waals surface area contributed by atoms with Crippen molar-refractivity contribution in [3.05, 3.63) is 108 Å². The molecular formula is C31H37N5O2. The Morgan fingerprint density at radius 2 is 1.53 bits per heavy atom. The summed E-state index contributed by atoms with van der Waals surface area (Å²) in [6.07, 6.45) is 7.64. The molecule has 2 aromatic carbocycles. The number of carbonyl (C=O) groups is 2. The van der Waals surface area contributed by atoms with Gasteiger partial charge in [0.05, 0.1) is 5.69 Å². The molecule has 7 nitrogen and oxygen atoms in total. The van der Waals surface area contributed by atoms with Crippen molar-refractivity contribution in [3.8, 4) is 0 Å². The van der Waals surface area contributed by atoms with Crippen molar-refractivity contribution in [2.75, 3.05) is 33.2 Å². The number of hydrogen-bond donors (Lipinski definition) is 2. The number of amides is 3. The van der Waals surface area contributed by atoms with Gasteiger partial charge in [-0.15, -0.1) is 0 Å². The summed E-state index contributed by atoms with van der Waals surface area (Å²) in [6.45, 7) is 2.94. The Labute approximate surface area is 225 Å². The third-order valence-electron chi connectivity index (χ3n) is 6.79. The fourth-order valence-corrected chi connectivity index (χ4v) is 4.46. The van der Waals surface area contributed by atoms with Gasteiger partial charge in [-0.1, -0.05) is 72.8 Å². The molecule has 3 amide bonds. The number of aromatic nitrogens is 1. The Bertz CT molecular complexity index is 1160. The molecule has 2 heterocycles. The smallest absolute Gasteiger partial charge is 0.318 e. The topological polar surface area (TPSA) is 77.6 Å². The molecule has 0 bridgehead atoms. The first-order valence-electron chi connectivity index (χ1n) is 13.3. The molecule has 0 saturated carbocycles. The Hall–Kier alpha value is -3.97. The zero-order valence-corrected chi connectivity index (χ0v) is 22.0. The minimum Gasteiger partial charge on any atom is -0.348 e. The van der Waals surface area contributed by atoms with E-state index in [0.717, 1.165) is 37.2 Å². The average Bonchev–Trinajstić information content (AvgIpc) is 2.96. The first-order chi connectivity index (χ1) is 18.6. The maximum atomic E-state index is 13.6. The van der Waals surface area contributed by atoms with Gasteiger partial charge in [-0.05, 0) is 49.2 Å². The minimum atomic E-state index is -0.688. The predicted molar refractivity (Wildman–Crippen MR) is 152 cm³/mol. The van der Waals surface area contributed by atoms with Crippen LogP contribution in [0.15, 0.2) is 91.1 Å². The Morgan fingerprint density at radius 1 is 0.868 bits per heavy atom. The molecule has 198 valence electrons. The normalized spacial score (nSPS) is 15.7. The van der Waals surface area contributed by atoms with E-state index in [9.17, 15) is 9.59 Å². The van der Waals surface area contributed by atoms with Gasteiger partial charge in [0.25, 0.3) is 0 Å². The monoisotopic (exact) mass is 511 g/mol. The van der Waals surface area contributed by atoms with Gasteiger partial charge in [-0.25, -0.2) is 4.79 Å². The molecule has 38 heavy (non-hydrogen) atoms. The molecule has 1 aliphatic rings. The van der Waals surface area contributed by atoms with Crippen LogP contribution in [0.4, 0.5) is 4.79 Å². The van der Waals surface area contributed by atoms with Crippen LogP contribution in [0.25, 0.3) is 6.08 Å². The lowest BCUT2D eigenvalue weighted by Gasteiger charge is -2.33. The Kier molecular flexibility index (Phi) is 10.0. The molecular weight excluding hydrogens is 474 g/mol. The van der Waals surface area contributed by atoms with Gasteiger partial charge in [-0.3, -0.25) is 9.78 Å². The second-order valence-corrected chi connectivity index (χ2v) is 9.74. The number of benzene rings is 2. The summed E-state index contributed by atoms with van der Waals surface area (Å²) in [6, 6.07) is 24.7. The highest BCUT2D eigenvalue weighted by atomic mass is 16.2. The first-order valence-corrected chi connectivity index (χ1v) is 13.3. The van der Waals surface area contributed by atoms with Crippen molar-refractivity contribution in [1.82, 2.24) is 25.4 Å². The van der Waals surface area contributed by atoms with Crippen LogP contribution in [0.2, 0.25) is 0 Å². The fraction of sp³-hybridized carbons (Fsp3) is 0.323. The summed E-state index contributed by atoms with van der Waals surface area (Å²) < 4.78 is 0. The zero-order valence-electron chi connectivity index (χ0n) is 22.0.